The zero-order valence-corrected chi connectivity index (χ0v) is 9.00. The summed E-state index contributed by atoms with van der Waals surface area (Å²) in [6.07, 6.45) is -0.967. The molecule has 0 aromatic carbocycles. The number of β-amino-alcohol motifs (C(OH)–C–C–N with tert-alkyl or cyclic N) is 2. The van der Waals surface area contributed by atoms with E-state index in [0.717, 1.165) is 0 Å². The minimum atomic E-state index is -1.22. The molecule has 92 valence electrons. The van der Waals surface area contributed by atoms with Crippen LogP contribution in [0.3, 0.4) is 0 Å². The highest BCUT2D eigenvalue weighted by Crippen LogP contribution is 2.19. The van der Waals surface area contributed by atoms with Crippen LogP contribution in [0.1, 0.15) is 6.92 Å². The Morgan fingerprint density at radius 3 is 1.60 bits per heavy atom. The van der Waals surface area contributed by atoms with Gasteiger partial charge < -0.3 is 25.5 Å². The average Bonchev–Trinajstić information content (AvgIpc) is 2.20. The first-order valence-corrected chi connectivity index (χ1v) is 4.95. The molecule has 0 spiro atoms. The second-order valence-corrected chi connectivity index (χ2v) is 3.53. The van der Waals surface area contributed by atoms with Gasteiger partial charge in [-0.25, -0.2) is 0 Å². The van der Waals surface area contributed by atoms with E-state index in [1.807, 2.05) is 0 Å². The lowest BCUT2D eigenvalue weighted by atomic mass is 9.92. The fourth-order valence-electron chi connectivity index (χ4n) is 1.58. The lowest BCUT2D eigenvalue weighted by Gasteiger charge is -2.43. The Morgan fingerprint density at radius 1 is 1.00 bits per heavy atom. The molecular weight excluding hydrogens is 202 g/mol. The standard InChI is InChI=1S/C9H21NO5/c1-8(15)9(6-13,7-14)10(2-4-11)3-5-12/h8,11-15H,2-7H2,1H3. The van der Waals surface area contributed by atoms with Crippen molar-refractivity contribution in [2.75, 3.05) is 39.5 Å². The third kappa shape index (κ3) is 3.37. The van der Waals surface area contributed by atoms with E-state index in [-0.39, 0.29) is 26.3 Å². The Bertz CT molecular complexity index is 155. The van der Waals surface area contributed by atoms with Crippen LogP contribution in [0.5, 0.6) is 0 Å². The molecule has 6 heteroatoms. The third-order valence-electron chi connectivity index (χ3n) is 2.69. The summed E-state index contributed by atoms with van der Waals surface area (Å²) < 4.78 is 0. The van der Waals surface area contributed by atoms with Gasteiger partial charge in [0.15, 0.2) is 0 Å². The molecule has 0 saturated heterocycles. The first-order valence-electron chi connectivity index (χ1n) is 4.95. The highest BCUT2D eigenvalue weighted by Gasteiger charge is 2.39. The smallest absolute Gasteiger partial charge is 0.0933 e. The van der Waals surface area contributed by atoms with Gasteiger partial charge in [0.1, 0.15) is 0 Å². The van der Waals surface area contributed by atoms with Crippen LogP contribution < -0.4 is 0 Å². The first-order chi connectivity index (χ1) is 7.08. The number of aliphatic hydroxyl groups excluding tert-OH is 5. The molecule has 0 aliphatic heterocycles. The molecule has 0 heterocycles. The van der Waals surface area contributed by atoms with Crippen LogP contribution in [0, 0.1) is 0 Å². The molecular formula is C9H21NO5. The molecule has 6 nitrogen and oxygen atoms in total. The summed E-state index contributed by atoms with van der Waals surface area (Å²) in [6.45, 7) is 0.568. The van der Waals surface area contributed by atoms with Crippen LogP contribution >= 0.6 is 0 Å². The monoisotopic (exact) mass is 223 g/mol. The van der Waals surface area contributed by atoms with Crippen molar-refractivity contribution >= 4 is 0 Å². The van der Waals surface area contributed by atoms with Crippen molar-refractivity contribution in [1.29, 1.82) is 0 Å². The SMILES string of the molecule is CC(O)C(CO)(CO)N(CCO)CCO. The van der Waals surface area contributed by atoms with Crippen LogP contribution in [0.25, 0.3) is 0 Å². The lowest BCUT2D eigenvalue weighted by Crippen LogP contribution is -2.62. The molecule has 0 radical (unpaired) electrons. The van der Waals surface area contributed by atoms with Crippen molar-refractivity contribution in [2.45, 2.75) is 18.6 Å². The third-order valence-corrected chi connectivity index (χ3v) is 2.69. The quantitative estimate of drug-likeness (QED) is 0.308. The van der Waals surface area contributed by atoms with Gasteiger partial charge in [0.2, 0.25) is 0 Å². The molecule has 15 heavy (non-hydrogen) atoms. The van der Waals surface area contributed by atoms with Crippen LogP contribution in [-0.2, 0) is 0 Å². The second kappa shape index (κ2) is 7.10. The maximum Gasteiger partial charge on any atom is 0.0933 e. The van der Waals surface area contributed by atoms with Crippen molar-refractivity contribution in [3.05, 3.63) is 0 Å². The zero-order chi connectivity index (χ0) is 11.9. The van der Waals surface area contributed by atoms with Gasteiger partial charge in [-0.05, 0) is 6.92 Å². The van der Waals surface area contributed by atoms with Gasteiger partial charge in [-0.15, -0.1) is 0 Å². The van der Waals surface area contributed by atoms with Gasteiger partial charge in [0, 0.05) is 13.1 Å². The van der Waals surface area contributed by atoms with Crippen molar-refractivity contribution in [2.24, 2.45) is 0 Å². The van der Waals surface area contributed by atoms with Crippen LogP contribution in [0.15, 0.2) is 0 Å². The van der Waals surface area contributed by atoms with E-state index >= 15 is 0 Å². The predicted octanol–water partition coefficient (Wildman–Crippen LogP) is -2.62. The number of nitrogens with zero attached hydrogens (tertiary/aromatic N) is 1. The van der Waals surface area contributed by atoms with Gasteiger partial charge in [0.25, 0.3) is 0 Å². The number of hydrogen-bond donors (Lipinski definition) is 5. The molecule has 1 unspecified atom stereocenters. The molecule has 0 aliphatic carbocycles. The molecule has 0 aromatic heterocycles. The van der Waals surface area contributed by atoms with E-state index < -0.39 is 24.9 Å². The molecule has 0 fully saturated rings. The molecule has 0 rings (SSSR count). The highest BCUT2D eigenvalue weighted by molar-refractivity contribution is 4.94. The van der Waals surface area contributed by atoms with Crippen molar-refractivity contribution in [3.8, 4) is 0 Å². The van der Waals surface area contributed by atoms with E-state index in [4.69, 9.17) is 10.2 Å². The average molecular weight is 223 g/mol. The Morgan fingerprint density at radius 2 is 1.40 bits per heavy atom. The summed E-state index contributed by atoms with van der Waals surface area (Å²) in [5.41, 5.74) is -1.22. The predicted molar refractivity (Wildman–Crippen MR) is 54.3 cm³/mol. The Labute approximate surface area is 89.4 Å². The summed E-state index contributed by atoms with van der Waals surface area (Å²) >= 11 is 0. The van der Waals surface area contributed by atoms with Gasteiger partial charge in [-0.2, -0.15) is 0 Å². The first kappa shape index (κ1) is 14.8. The second-order valence-electron chi connectivity index (χ2n) is 3.53. The van der Waals surface area contributed by atoms with E-state index in [2.05, 4.69) is 0 Å². The van der Waals surface area contributed by atoms with Crippen molar-refractivity contribution in [1.82, 2.24) is 4.90 Å². The normalized spacial score (nSPS) is 14.6. The maximum absolute atomic E-state index is 9.56. The Hall–Kier alpha value is -0.240. The van der Waals surface area contributed by atoms with Crippen LogP contribution in [0.2, 0.25) is 0 Å². The summed E-state index contributed by atoms with van der Waals surface area (Å²) in [5, 5.41) is 45.7. The van der Waals surface area contributed by atoms with Crippen molar-refractivity contribution in [3.63, 3.8) is 0 Å². The van der Waals surface area contributed by atoms with Gasteiger partial charge >= 0.3 is 0 Å². The molecule has 0 bridgehead atoms. The Kier molecular flexibility index (Phi) is 6.99. The topological polar surface area (TPSA) is 104 Å². The zero-order valence-electron chi connectivity index (χ0n) is 9.00. The largest absolute Gasteiger partial charge is 0.395 e. The molecule has 0 aliphatic rings. The number of rotatable bonds is 8. The van der Waals surface area contributed by atoms with E-state index in [0.29, 0.717) is 0 Å². The fraction of sp³-hybridized carbons (Fsp3) is 1.00. The highest BCUT2D eigenvalue weighted by atomic mass is 16.3. The van der Waals surface area contributed by atoms with E-state index in [1.165, 1.54) is 11.8 Å². The molecule has 0 saturated carbocycles. The Balaban J connectivity index is 4.79. The summed E-state index contributed by atoms with van der Waals surface area (Å²) in [5.74, 6) is 0. The van der Waals surface area contributed by atoms with Crippen molar-refractivity contribution < 1.29 is 25.5 Å². The van der Waals surface area contributed by atoms with E-state index in [9.17, 15) is 15.3 Å². The molecule has 5 N–H and O–H groups in total. The van der Waals surface area contributed by atoms with Crippen LogP contribution in [0.4, 0.5) is 0 Å². The molecule has 1 atom stereocenters. The lowest BCUT2D eigenvalue weighted by molar-refractivity contribution is -0.0928. The minimum absolute atomic E-state index is 0.172. The number of aliphatic hydroxyl groups is 5. The van der Waals surface area contributed by atoms with Crippen LogP contribution in [-0.4, -0.2) is 81.6 Å². The summed E-state index contributed by atoms with van der Waals surface area (Å²) in [7, 11) is 0. The fourth-order valence-corrected chi connectivity index (χ4v) is 1.58. The van der Waals surface area contributed by atoms with Gasteiger partial charge in [0.05, 0.1) is 38.1 Å². The summed E-state index contributed by atoms with van der Waals surface area (Å²) in [4.78, 5) is 1.48. The maximum atomic E-state index is 9.56. The molecule has 0 aromatic rings. The van der Waals surface area contributed by atoms with Gasteiger partial charge in [-0.1, -0.05) is 0 Å². The van der Waals surface area contributed by atoms with Gasteiger partial charge in [-0.3, -0.25) is 4.90 Å². The summed E-state index contributed by atoms with van der Waals surface area (Å²) in [6, 6.07) is 0. The van der Waals surface area contributed by atoms with E-state index in [1.54, 1.807) is 0 Å². The molecule has 0 amide bonds. The minimum Gasteiger partial charge on any atom is -0.395 e. The number of hydrogen-bond acceptors (Lipinski definition) is 6.